The minimum absolute atomic E-state index is 0.0476. The molecule has 2 fully saturated rings. The van der Waals surface area contributed by atoms with Crippen LogP contribution < -0.4 is 5.32 Å². The molecule has 2 unspecified atom stereocenters. The molecule has 23 heavy (non-hydrogen) atoms. The Morgan fingerprint density at radius 2 is 1.96 bits per heavy atom. The molecule has 1 aliphatic heterocycles. The zero-order chi connectivity index (χ0) is 16.4. The van der Waals surface area contributed by atoms with Crippen LogP contribution in [0.3, 0.4) is 0 Å². The maximum absolute atomic E-state index is 12.5. The van der Waals surface area contributed by atoms with E-state index in [1.54, 1.807) is 0 Å². The molecule has 124 valence electrons. The monoisotopic (exact) mass is 379 g/mol. The van der Waals surface area contributed by atoms with Gasteiger partial charge in [-0.3, -0.25) is 9.59 Å². The average molecular weight is 380 g/mol. The minimum atomic E-state index is -0.175. The SMILES string of the molecule is CCN1CCN(C(=O)C2CC2C(=O)Nc2cccc(Br)c2)CC1. The molecule has 1 heterocycles. The third-order valence-electron chi connectivity index (χ3n) is 4.67. The van der Waals surface area contributed by atoms with Gasteiger partial charge in [-0.25, -0.2) is 0 Å². The first kappa shape index (κ1) is 16.5. The number of hydrogen-bond donors (Lipinski definition) is 1. The van der Waals surface area contributed by atoms with E-state index in [9.17, 15) is 9.59 Å². The van der Waals surface area contributed by atoms with E-state index >= 15 is 0 Å². The van der Waals surface area contributed by atoms with E-state index < -0.39 is 0 Å². The van der Waals surface area contributed by atoms with Gasteiger partial charge in [0, 0.05) is 36.3 Å². The molecule has 2 aliphatic rings. The second-order valence-electron chi connectivity index (χ2n) is 6.21. The number of halogens is 1. The summed E-state index contributed by atoms with van der Waals surface area (Å²) in [4.78, 5) is 29.0. The fourth-order valence-corrected chi connectivity index (χ4v) is 3.48. The van der Waals surface area contributed by atoms with Gasteiger partial charge in [0.1, 0.15) is 0 Å². The highest BCUT2D eigenvalue weighted by Crippen LogP contribution is 2.41. The lowest BCUT2D eigenvalue weighted by molar-refractivity contribution is -0.135. The first-order valence-electron chi connectivity index (χ1n) is 8.16. The van der Waals surface area contributed by atoms with Crippen LogP contribution in [0.4, 0.5) is 5.69 Å². The predicted octanol–water partition coefficient (Wildman–Crippen LogP) is 2.19. The van der Waals surface area contributed by atoms with Crippen molar-refractivity contribution in [2.45, 2.75) is 13.3 Å². The van der Waals surface area contributed by atoms with Gasteiger partial charge in [-0.2, -0.15) is 0 Å². The molecular weight excluding hydrogens is 358 g/mol. The molecule has 0 bridgehead atoms. The zero-order valence-electron chi connectivity index (χ0n) is 13.3. The minimum Gasteiger partial charge on any atom is -0.340 e. The molecular formula is C17H22BrN3O2. The number of piperazine rings is 1. The first-order valence-corrected chi connectivity index (χ1v) is 8.95. The van der Waals surface area contributed by atoms with Crippen molar-refractivity contribution in [3.8, 4) is 0 Å². The van der Waals surface area contributed by atoms with Gasteiger partial charge in [0.2, 0.25) is 11.8 Å². The number of likely N-dealkylation sites (N-methyl/N-ethyl adjacent to an activating group) is 1. The van der Waals surface area contributed by atoms with Crippen molar-refractivity contribution in [2.75, 3.05) is 38.0 Å². The first-order chi connectivity index (χ1) is 11.1. The quantitative estimate of drug-likeness (QED) is 0.872. The summed E-state index contributed by atoms with van der Waals surface area (Å²) >= 11 is 3.39. The van der Waals surface area contributed by atoms with E-state index in [0.29, 0.717) is 6.42 Å². The van der Waals surface area contributed by atoms with Crippen LogP contribution in [0.1, 0.15) is 13.3 Å². The fourth-order valence-electron chi connectivity index (χ4n) is 3.08. The lowest BCUT2D eigenvalue weighted by Crippen LogP contribution is -2.49. The van der Waals surface area contributed by atoms with Crippen LogP contribution in [-0.4, -0.2) is 54.3 Å². The van der Waals surface area contributed by atoms with E-state index in [0.717, 1.165) is 42.9 Å². The lowest BCUT2D eigenvalue weighted by Gasteiger charge is -2.34. The molecule has 0 spiro atoms. The Labute approximate surface area is 145 Å². The van der Waals surface area contributed by atoms with Crippen molar-refractivity contribution in [2.24, 2.45) is 11.8 Å². The van der Waals surface area contributed by atoms with Crippen molar-refractivity contribution in [3.63, 3.8) is 0 Å². The topological polar surface area (TPSA) is 52.7 Å². The normalized spacial score (nSPS) is 24.3. The molecule has 6 heteroatoms. The van der Waals surface area contributed by atoms with Gasteiger partial charge in [-0.05, 0) is 31.2 Å². The number of nitrogens with zero attached hydrogens (tertiary/aromatic N) is 2. The Balaban J connectivity index is 1.50. The van der Waals surface area contributed by atoms with Crippen LogP contribution in [0.2, 0.25) is 0 Å². The fraction of sp³-hybridized carbons (Fsp3) is 0.529. The van der Waals surface area contributed by atoms with Crippen molar-refractivity contribution >= 4 is 33.4 Å². The van der Waals surface area contributed by atoms with Crippen LogP contribution in [0.5, 0.6) is 0 Å². The van der Waals surface area contributed by atoms with Crippen molar-refractivity contribution < 1.29 is 9.59 Å². The number of rotatable bonds is 4. The van der Waals surface area contributed by atoms with Gasteiger partial charge < -0.3 is 15.1 Å². The van der Waals surface area contributed by atoms with Gasteiger partial charge in [0.15, 0.2) is 0 Å². The second kappa shape index (κ2) is 7.01. The molecule has 1 aliphatic carbocycles. The summed E-state index contributed by atoms with van der Waals surface area (Å²) in [6, 6.07) is 7.50. The molecule has 1 saturated heterocycles. The Hall–Kier alpha value is -1.40. The molecule has 1 saturated carbocycles. The summed E-state index contributed by atoms with van der Waals surface area (Å²) < 4.78 is 0.924. The standard InChI is InChI=1S/C17H22BrN3O2/c1-2-20-6-8-21(9-7-20)17(23)15-11-14(15)16(22)19-13-5-3-4-12(18)10-13/h3-5,10,14-15H,2,6-9,11H2,1H3,(H,19,22). The third kappa shape index (κ3) is 3.93. The number of carbonyl (C=O) groups is 2. The molecule has 2 atom stereocenters. The van der Waals surface area contributed by atoms with Crippen molar-refractivity contribution in [1.29, 1.82) is 0 Å². The summed E-state index contributed by atoms with van der Waals surface area (Å²) in [7, 11) is 0. The van der Waals surface area contributed by atoms with E-state index in [2.05, 4.69) is 33.1 Å². The summed E-state index contributed by atoms with van der Waals surface area (Å²) in [6.07, 6.45) is 0.673. The van der Waals surface area contributed by atoms with E-state index in [1.165, 1.54) is 0 Å². The van der Waals surface area contributed by atoms with Gasteiger partial charge in [-0.1, -0.05) is 28.9 Å². The molecule has 3 rings (SSSR count). The molecule has 5 nitrogen and oxygen atoms in total. The third-order valence-corrected chi connectivity index (χ3v) is 5.16. The summed E-state index contributed by atoms with van der Waals surface area (Å²) in [5.74, 6) is -0.204. The van der Waals surface area contributed by atoms with Crippen LogP contribution in [-0.2, 0) is 9.59 Å². The van der Waals surface area contributed by atoms with Crippen molar-refractivity contribution in [1.82, 2.24) is 9.80 Å². The molecule has 1 aromatic carbocycles. The highest BCUT2D eigenvalue weighted by molar-refractivity contribution is 9.10. The lowest BCUT2D eigenvalue weighted by atomic mass is 10.2. The smallest absolute Gasteiger partial charge is 0.228 e. The number of anilines is 1. The Morgan fingerprint density at radius 3 is 2.61 bits per heavy atom. The number of amides is 2. The molecule has 0 aromatic heterocycles. The Kier molecular flexibility index (Phi) is 5.02. The molecule has 1 N–H and O–H groups in total. The van der Waals surface area contributed by atoms with E-state index in [-0.39, 0.29) is 23.7 Å². The molecule has 2 amide bonds. The number of hydrogen-bond acceptors (Lipinski definition) is 3. The highest BCUT2D eigenvalue weighted by atomic mass is 79.9. The maximum atomic E-state index is 12.5. The van der Waals surface area contributed by atoms with Crippen molar-refractivity contribution in [3.05, 3.63) is 28.7 Å². The van der Waals surface area contributed by atoms with Crippen LogP contribution in [0.25, 0.3) is 0 Å². The molecule has 0 radical (unpaired) electrons. The predicted molar refractivity (Wildman–Crippen MR) is 93.1 cm³/mol. The largest absolute Gasteiger partial charge is 0.340 e. The van der Waals surface area contributed by atoms with E-state index in [4.69, 9.17) is 0 Å². The van der Waals surface area contributed by atoms with Gasteiger partial charge in [-0.15, -0.1) is 0 Å². The van der Waals surface area contributed by atoms with E-state index in [1.807, 2.05) is 29.2 Å². The summed E-state index contributed by atoms with van der Waals surface area (Å²) in [5.41, 5.74) is 0.763. The van der Waals surface area contributed by atoms with Crippen LogP contribution in [0, 0.1) is 11.8 Å². The maximum Gasteiger partial charge on any atom is 0.228 e. The summed E-state index contributed by atoms with van der Waals surface area (Å²) in [6.45, 7) is 6.60. The zero-order valence-corrected chi connectivity index (χ0v) is 14.9. The number of benzene rings is 1. The average Bonchev–Trinajstić information content (AvgIpc) is 3.35. The van der Waals surface area contributed by atoms with Crippen LogP contribution in [0.15, 0.2) is 28.7 Å². The Bertz CT molecular complexity index is 599. The van der Waals surface area contributed by atoms with Gasteiger partial charge >= 0.3 is 0 Å². The summed E-state index contributed by atoms with van der Waals surface area (Å²) in [5, 5.41) is 2.90. The van der Waals surface area contributed by atoms with Crippen LogP contribution >= 0.6 is 15.9 Å². The highest BCUT2D eigenvalue weighted by Gasteiger charge is 2.49. The van der Waals surface area contributed by atoms with Gasteiger partial charge in [0.05, 0.1) is 11.8 Å². The number of nitrogens with one attached hydrogen (secondary N) is 1. The molecule has 1 aromatic rings. The van der Waals surface area contributed by atoms with Gasteiger partial charge in [0.25, 0.3) is 0 Å². The number of carbonyl (C=O) groups excluding carboxylic acids is 2. The Morgan fingerprint density at radius 1 is 1.22 bits per heavy atom. The second-order valence-corrected chi connectivity index (χ2v) is 7.12.